The zero-order valence-corrected chi connectivity index (χ0v) is 25.2. The van der Waals surface area contributed by atoms with E-state index in [0.29, 0.717) is 25.8 Å². The van der Waals surface area contributed by atoms with Gasteiger partial charge in [-0.05, 0) is 30.2 Å². The van der Waals surface area contributed by atoms with Crippen LogP contribution in [0.2, 0.25) is 0 Å². The number of carbonyl (C=O) groups is 6. The highest BCUT2D eigenvalue weighted by Gasteiger charge is 2.40. The number of aliphatic hydroxyl groups is 1. The lowest BCUT2D eigenvalue weighted by atomic mass is 9.96. The van der Waals surface area contributed by atoms with Gasteiger partial charge >= 0.3 is 0 Å². The van der Waals surface area contributed by atoms with E-state index in [9.17, 15) is 33.9 Å². The molecule has 13 nitrogen and oxygen atoms in total. The van der Waals surface area contributed by atoms with Crippen LogP contribution in [0.15, 0.2) is 30.3 Å². The van der Waals surface area contributed by atoms with Crippen LogP contribution in [-0.4, -0.2) is 95.4 Å². The molecule has 1 aromatic carbocycles. The minimum absolute atomic E-state index is 0.0668. The second-order valence-corrected chi connectivity index (χ2v) is 11.6. The molecule has 2 aliphatic rings. The van der Waals surface area contributed by atoms with Crippen LogP contribution >= 0.6 is 0 Å². The summed E-state index contributed by atoms with van der Waals surface area (Å²) in [7, 11) is 0. The third-order valence-corrected chi connectivity index (χ3v) is 8.04. The van der Waals surface area contributed by atoms with E-state index in [4.69, 9.17) is 0 Å². The second kappa shape index (κ2) is 15.5. The molecule has 2 saturated heterocycles. The minimum atomic E-state index is -1.42. The standard InChI is InChI=1S/C30H44N6O7/c1-5-18(4)25-30(43)36-13-9-12-22(36)28(41)31-15-23(38)34-24(17(2)3)29(42)32-20(14-19-10-7-6-8-11-19)26(39)33-21(16-37)27(40)35-25/h6-8,10-11,17-18,20-22,24-25,37H,5,9,12-16H2,1-4H3,(H,31,41)(H,32,42)(H,33,39)(H,34,38)(H,35,40)/t18-,20+,21+,22+,24+,25+/m1/s1. The van der Waals surface area contributed by atoms with E-state index in [0.717, 1.165) is 5.56 Å². The van der Waals surface area contributed by atoms with E-state index < -0.39 is 78.8 Å². The first-order chi connectivity index (χ1) is 20.5. The molecule has 6 atom stereocenters. The van der Waals surface area contributed by atoms with Gasteiger partial charge in [-0.1, -0.05) is 64.4 Å². The molecule has 236 valence electrons. The number of nitrogens with zero attached hydrogens (tertiary/aromatic N) is 1. The van der Waals surface area contributed by atoms with Gasteiger partial charge in [0.2, 0.25) is 35.4 Å². The van der Waals surface area contributed by atoms with Gasteiger partial charge in [0.25, 0.3) is 0 Å². The predicted molar refractivity (Wildman–Crippen MR) is 157 cm³/mol. The van der Waals surface area contributed by atoms with Crippen LogP contribution < -0.4 is 26.6 Å². The molecule has 2 fully saturated rings. The predicted octanol–water partition coefficient (Wildman–Crippen LogP) is -1.02. The van der Waals surface area contributed by atoms with Gasteiger partial charge in [-0.3, -0.25) is 28.8 Å². The van der Waals surface area contributed by atoms with Crippen LogP contribution in [0, 0.1) is 11.8 Å². The highest BCUT2D eigenvalue weighted by Crippen LogP contribution is 2.21. The van der Waals surface area contributed by atoms with Crippen LogP contribution in [0.25, 0.3) is 0 Å². The normalized spacial score (nSPS) is 27.2. The van der Waals surface area contributed by atoms with Crippen molar-refractivity contribution < 1.29 is 33.9 Å². The average molecular weight is 601 g/mol. The van der Waals surface area contributed by atoms with Crippen molar-refractivity contribution >= 4 is 35.4 Å². The van der Waals surface area contributed by atoms with Crippen LogP contribution in [-0.2, 0) is 35.2 Å². The van der Waals surface area contributed by atoms with E-state index in [2.05, 4.69) is 26.6 Å². The van der Waals surface area contributed by atoms with Crippen molar-refractivity contribution in [2.75, 3.05) is 19.7 Å². The van der Waals surface area contributed by atoms with Crippen molar-refractivity contribution in [3.05, 3.63) is 35.9 Å². The molecule has 1 aromatic rings. The number of benzene rings is 1. The molecule has 0 spiro atoms. The summed E-state index contributed by atoms with van der Waals surface area (Å²) in [6.45, 7) is 6.22. The lowest BCUT2D eigenvalue weighted by Gasteiger charge is -2.32. The zero-order chi connectivity index (χ0) is 31.7. The molecule has 0 unspecified atom stereocenters. The molecular formula is C30H44N6O7. The Morgan fingerprint density at radius 3 is 2.12 bits per heavy atom. The highest BCUT2D eigenvalue weighted by atomic mass is 16.3. The molecule has 43 heavy (non-hydrogen) atoms. The zero-order valence-electron chi connectivity index (χ0n) is 25.2. The summed E-state index contributed by atoms with van der Waals surface area (Å²) < 4.78 is 0. The van der Waals surface area contributed by atoms with Gasteiger partial charge in [0.05, 0.1) is 13.2 Å². The quantitative estimate of drug-likeness (QED) is 0.241. The first-order valence-electron chi connectivity index (χ1n) is 14.9. The maximum atomic E-state index is 13.7. The Balaban J connectivity index is 1.98. The number of hydrogen-bond acceptors (Lipinski definition) is 7. The maximum absolute atomic E-state index is 13.7. The van der Waals surface area contributed by atoms with Crippen LogP contribution in [0.3, 0.4) is 0 Å². The fourth-order valence-corrected chi connectivity index (χ4v) is 5.25. The summed E-state index contributed by atoms with van der Waals surface area (Å²) in [4.78, 5) is 81.3. The molecule has 2 heterocycles. The molecule has 0 bridgehead atoms. The highest BCUT2D eigenvalue weighted by molar-refractivity contribution is 5.98. The third kappa shape index (κ3) is 8.76. The Morgan fingerprint density at radius 2 is 1.49 bits per heavy atom. The maximum Gasteiger partial charge on any atom is 0.246 e. The van der Waals surface area contributed by atoms with E-state index >= 15 is 0 Å². The first kappa shape index (κ1) is 33.5. The number of nitrogens with one attached hydrogen (secondary N) is 5. The van der Waals surface area contributed by atoms with Gasteiger partial charge in [-0.2, -0.15) is 0 Å². The molecule has 0 aliphatic carbocycles. The monoisotopic (exact) mass is 600 g/mol. The average Bonchev–Trinajstić information content (AvgIpc) is 3.49. The Bertz CT molecular complexity index is 1180. The lowest BCUT2D eigenvalue weighted by molar-refractivity contribution is -0.143. The largest absolute Gasteiger partial charge is 0.394 e. The fraction of sp³-hybridized carbons (Fsp3) is 0.600. The number of rotatable bonds is 6. The fourth-order valence-electron chi connectivity index (χ4n) is 5.25. The molecule has 6 amide bonds. The van der Waals surface area contributed by atoms with E-state index in [-0.39, 0.29) is 18.3 Å². The first-order valence-corrected chi connectivity index (χ1v) is 14.9. The molecule has 6 N–H and O–H groups in total. The van der Waals surface area contributed by atoms with Crippen LogP contribution in [0.5, 0.6) is 0 Å². The Morgan fingerprint density at radius 1 is 0.837 bits per heavy atom. The van der Waals surface area contributed by atoms with Gasteiger partial charge in [0, 0.05) is 13.0 Å². The summed E-state index contributed by atoms with van der Waals surface area (Å²) in [5, 5.41) is 23.2. The Labute approximate surface area is 251 Å². The summed E-state index contributed by atoms with van der Waals surface area (Å²) in [6, 6.07) is 3.45. The topological polar surface area (TPSA) is 186 Å². The number of hydrogen-bond donors (Lipinski definition) is 6. The van der Waals surface area contributed by atoms with Crippen molar-refractivity contribution in [2.45, 2.75) is 83.6 Å². The van der Waals surface area contributed by atoms with E-state index in [1.54, 1.807) is 51.1 Å². The molecule has 13 heteroatoms. The number of amides is 6. The minimum Gasteiger partial charge on any atom is -0.394 e. The van der Waals surface area contributed by atoms with Crippen molar-refractivity contribution in [2.24, 2.45) is 11.8 Å². The summed E-state index contributed by atoms with van der Waals surface area (Å²) in [5.41, 5.74) is 0.727. The molecule has 0 radical (unpaired) electrons. The molecule has 3 rings (SSSR count). The van der Waals surface area contributed by atoms with E-state index in [1.807, 2.05) is 6.92 Å². The second-order valence-electron chi connectivity index (χ2n) is 11.6. The van der Waals surface area contributed by atoms with Crippen LogP contribution in [0.4, 0.5) is 0 Å². The van der Waals surface area contributed by atoms with Crippen LogP contribution in [0.1, 0.15) is 52.5 Å². The Hall–Kier alpha value is -4.00. The summed E-state index contributed by atoms with van der Waals surface area (Å²) >= 11 is 0. The number of aliphatic hydroxyl groups excluding tert-OH is 1. The van der Waals surface area contributed by atoms with Gasteiger partial charge in [-0.15, -0.1) is 0 Å². The molecule has 0 aromatic heterocycles. The van der Waals surface area contributed by atoms with E-state index in [1.165, 1.54) is 4.90 Å². The SMILES string of the molecule is CC[C@@H](C)[C@@H]1NC(=O)[C@H](CO)NC(=O)[C@H](Cc2ccccc2)NC(=O)[C@H](C(C)C)NC(=O)CNC(=O)[C@@H]2CCCN2C1=O. The van der Waals surface area contributed by atoms with Crippen molar-refractivity contribution in [3.63, 3.8) is 0 Å². The Kier molecular flexibility index (Phi) is 12.0. The van der Waals surface area contributed by atoms with Gasteiger partial charge < -0.3 is 36.6 Å². The smallest absolute Gasteiger partial charge is 0.246 e. The molecular weight excluding hydrogens is 556 g/mol. The summed E-state index contributed by atoms with van der Waals surface area (Å²) in [6.07, 6.45) is 1.54. The molecule has 0 saturated carbocycles. The number of fused-ring (bicyclic) bond motifs is 1. The third-order valence-electron chi connectivity index (χ3n) is 8.04. The van der Waals surface area contributed by atoms with Gasteiger partial charge in [0.15, 0.2) is 0 Å². The number of carbonyl (C=O) groups excluding carboxylic acids is 6. The molecule has 2 aliphatic heterocycles. The van der Waals surface area contributed by atoms with Crippen molar-refractivity contribution in [3.8, 4) is 0 Å². The lowest BCUT2D eigenvalue weighted by Crippen LogP contribution is -2.62. The van der Waals surface area contributed by atoms with Crippen molar-refractivity contribution in [1.29, 1.82) is 0 Å². The summed E-state index contributed by atoms with van der Waals surface area (Å²) in [5.74, 6) is -4.39. The van der Waals surface area contributed by atoms with Crippen molar-refractivity contribution in [1.82, 2.24) is 31.5 Å². The van der Waals surface area contributed by atoms with Gasteiger partial charge in [0.1, 0.15) is 30.2 Å². The van der Waals surface area contributed by atoms with Gasteiger partial charge in [-0.25, -0.2) is 0 Å².